The van der Waals surface area contributed by atoms with Crippen LogP contribution >= 0.6 is 27.5 Å². The van der Waals surface area contributed by atoms with Crippen molar-refractivity contribution in [3.8, 4) is 5.75 Å². The van der Waals surface area contributed by atoms with Crippen molar-refractivity contribution in [2.75, 3.05) is 7.05 Å². The average Bonchev–Trinajstić information content (AvgIpc) is 2.40. The Morgan fingerprint density at radius 1 is 1.16 bits per heavy atom. The molecule has 0 aliphatic carbocycles. The van der Waals surface area contributed by atoms with Crippen LogP contribution < -0.4 is 10.1 Å². The predicted octanol–water partition coefficient (Wildman–Crippen LogP) is 4.40. The van der Waals surface area contributed by atoms with Crippen molar-refractivity contribution >= 4 is 27.5 Å². The fourth-order valence-corrected chi connectivity index (χ4v) is 2.38. The normalized spacial score (nSPS) is 10.5. The highest BCUT2D eigenvalue weighted by Gasteiger charge is 2.06. The first kappa shape index (κ1) is 14.4. The highest BCUT2D eigenvalue weighted by molar-refractivity contribution is 9.10. The molecule has 100 valence electrons. The molecule has 0 atom stereocenters. The van der Waals surface area contributed by atoms with Gasteiger partial charge in [-0.1, -0.05) is 45.7 Å². The van der Waals surface area contributed by atoms with E-state index in [9.17, 15) is 0 Å². The lowest BCUT2D eigenvalue weighted by Crippen LogP contribution is -2.07. The van der Waals surface area contributed by atoms with Crippen LogP contribution in [0.4, 0.5) is 0 Å². The molecule has 0 aliphatic heterocycles. The maximum absolute atomic E-state index is 6.00. The second-order valence-corrected chi connectivity index (χ2v) is 5.45. The number of halogens is 2. The van der Waals surface area contributed by atoms with Crippen molar-refractivity contribution in [3.63, 3.8) is 0 Å². The summed E-state index contributed by atoms with van der Waals surface area (Å²) >= 11 is 9.52. The van der Waals surface area contributed by atoms with Gasteiger partial charge in [-0.15, -0.1) is 0 Å². The minimum atomic E-state index is 0.528. The van der Waals surface area contributed by atoms with Crippen molar-refractivity contribution in [1.82, 2.24) is 5.32 Å². The Hall–Kier alpha value is -1.03. The first-order valence-corrected chi connectivity index (χ1v) is 7.17. The van der Waals surface area contributed by atoms with Crippen LogP contribution in [0, 0.1) is 0 Å². The maximum atomic E-state index is 6.00. The molecule has 0 unspecified atom stereocenters. The van der Waals surface area contributed by atoms with Gasteiger partial charge in [0.2, 0.25) is 0 Å². The number of rotatable bonds is 5. The van der Waals surface area contributed by atoms with E-state index in [1.54, 1.807) is 0 Å². The second-order valence-electron chi connectivity index (χ2n) is 4.16. The van der Waals surface area contributed by atoms with Crippen molar-refractivity contribution < 1.29 is 4.74 Å². The summed E-state index contributed by atoms with van der Waals surface area (Å²) in [6, 6.07) is 13.7. The SMILES string of the molecule is CNCc1cc(Cl)ccc1OCc1ccccc1Br. The van der Waals surface area contributed by atoms with E-state index in [0.717, 1.165) is 32.9 Å². The summed E-state index contributed by atoms with van der Waals surface area (Å²) in [7, 11) is 1.90. The number of nitrogens with one attached hydrogen (secondary N) is 1. The van der Waals surface area contributed by atoms with Crippen LogP contribution in [0.2, 0.25) is 5.02 Å². The standard InChI is InChI=1S/C15H15BrClNO/c1-18-9-12-8-13(17)6-7-15(12)19-10-11-4-2-3-5-14(11)16/h2-8,18H,9-10H2,1H3. The number of ether oxygens (including phenoxy) is 1. The van der Waals surface area contributed by atoms with Crippen molar-refractivity contribution in [1.29, 1.82) is 0 Å². The van der Waals surface area contributed by atoms with E-state index in [1.807, 2.05) is 49.5 Å². The Labute approximate surface area is 126 Å². The Bertz CT molecular complexity index is 560. The molecule has 0 saturated carbocycles. The molecule has 2 rings (SSSR count). The molecule has 0 fully saturated rings. The molecule has 0 bridgehead atoms. The molecule has 0 aliphatic rings. The quantitative estimate of drug-likeness (QED) is 0.871. The summed E-state index contributed by atoms with van der Waals surface area (Å²) in [6.07, 6.45) is 0. The zero-order valence-corrected chi connectivity index (χ0v) is 13.0. The van der Waals surface area contributed by atoms with Gasteiger partial charge in [0, 0.05) is 27.2 Å². The van der Waals surface area contributed by atoms with Gasteiger partial charge in [-0.25, -0.2) is 0 Å². The lowest BCUT2D eigenvalue weighted by Gasteiger charge is -2.12. The number of hydrogen-bond acceptors (Lipinski definition) is 2. The van der Waals surface area contributed by atoms with Crippen LogP contribution in [-0.2, 0) is 13.2 Å². The highest BCUT2D eigenvalue weighted by Crippen LogP contribution is 2.25. The summed E-state index contributed by atoms with van der Waals surface area (Å²) < 4.78 is 6.94. The van der Waals surface area contributed by atoms with E-state index >= 15 is 0 Å². The van der Waals surface area contributed by atoms with E-state index < -0.39 is 0 Å². The lowest BCUT2D eigenvalue weighted by molar-refractivity contribution is 0.301. The summed E-state index contributed by atoms with van der Waals surface area (Å²) in [5.41, 5.74) is 2.18. The number of hydrogen-bond donors (Lipinski definition) is 1. The first-order chi connectivity index (χ1) is 9.20. The van der Waals surface area contributed by atoms with Gasteiger partial charge >= 0.3 is 0 Å². The van der Waals surface area contributed by atoms with Crippen molar-refractivity contribution in [2.45, 2.75) is 13.2 Å². The molecule has 2 nitrogen and oxygen atoms in total. The summed E-state index contributed by atoms with van der Waals surface area (Å²) in [4.78, 5) is 0. The molecule has 19 heavy (non-hydrogen) atoms. The second kappa shape index (κ2) is 6.94. The summed E-state index contributed by atoms with van der Waals surface area (Å²) in [6.45, 7) is 1.26. The molecular weight excluding hydrogens is 326 g/mol. The van der Waals surface area contributed by atoms with Crippen LogP contribution in [0.1, 0.15) is 11.1 Å². The Balaban J connectivity index is 2.13. The molecular formula is C15H15BrClNO. The Kier molecular flexibility index (Phi) is 5.25. The van der Waals surface area contributed by atoms with Gasteiger partial charge in [-0.3, -0.25) is 0 Å². The minimum absolute atomic E-state index is 0.528. The van der Waals surface area contributed by atoms with Gasteiger partial charge in [0.05, 0.1) is 0 Å². The molecule has 1 N–H and O–H groups in total. The van der Waals surface area contributed by atoms with E-state index in [0.29, 0.717) is 6.61 Å². The molecule has 0 saturated heterocycles. The largest absolute Gasteiger partial charge is 0.489 e. The molecule has 0 aromatic heterocycles. The van der Waals surface area contributed by atoms with Crippen LogP contribution in [0.25, 0.3) is 0 Å². The summed E-state index contributed by atoms with van der Waals surface area (Å²) in [5, 5.41) is 3.83. The van der Waals surface area contributed by atoms with Gasteiger partial charge in [0.1, 0.15) is 12.4 Å². The Morgan fingerprint density at radius 2 is 1.95 bits per heavy atom. The molecule has 0 radical (unpaired) electrons. The van der Waals surface area contributed by atoms with Crippen molar-refractivity contribution in [3.05, 3.63) is 63.1 Å². The molecule has 0 spiro atoms. The predicted molar refractivity (Wildman–Crippen MR) is 82.7 cm³/mol. The molecule has 4 heteroatoms. The van der Waals surface area contributed by atoms with Gasteiger partial charge in [-0.2, -0.15) is 0 Å². The fourth-order valence-electron chi connectivity index (χ4n) is 1.79. The first-order valence-electron chi connectivity index (χ1n) is 6.00. The third-order valence-electron chi connectivity index (χ3n) is 2.73. The van der Waals surface area contributed by atoms with Gasteiger partial charge < -0.3 is 10.1 Å². The van der Waals surface area contributed by atoms with Gasteiger partial charge in [-0.05, 0) is 31.3 Å². The molecule has 2 aromatic carbocycles. The Morgan fingerprint density at radius 3 is 2.68 bits per heavy atom. The summed E-state index contributed by atoms with van der Waals surface area (Å²) in [5.74, 6) is 0.856. The van der Waals surface area contributed by atoms with E-state index in [2.05, 4.69) is 21.2 Å². The van der Waals surface area contributed by atoms with Crippen LogP contribution in [-0.4, -0.2) is 7.05 Å². The van der Waals surface area contributed by atoms with E-state index in [1.165, 1.54) is 0 Å². The maximum Gasteiger partial charge on any atom is 0.124 e. The number of benzene rings is 2. The fraction of sp³-hybridized carbons (Fsp3) is 0.200. The van der Waals surface area contributed by atoms with Crippen LogP contribution in [0.3, 0.4) is 0 Å². The highest BCUT2D eigenvalue weighted by atomic mass is 79.9. The van der Waals surface area contributed by atoms with E-state index in [4.69, 9.17) is 16.3 Å². The topological polar surface area (TPSA) is 21.3 Å². The van der Waals surface area contributed by atoms with Gasteiger partial charge in [0.25, 0.3) is 0 Å². The zero-order chi connectivity index (χ0) is 13.7. The monoisotopic (exact) mass is 339 g/mol. The zero-order valence-electron chi connectivity index (χ0n) is 10.6. The molecule has 0 heterocycles. The third kappa shape index (κ3) is 3.96. The average molecular weight is 341 g/mol. The van der Waals surface area contributed by atoms with Gasteiger partial charge in [0.15, 0.2) is 0 Å². The van der Waals surface area contributed by atoms with Crippen LogP contribution in [0.5, 0.6) is 5.75 Å². The van der Waals surface area contributed by atoms with Crippen molar-refractivity contribution in [2.24, 2.45) is 0 Å². The third-order valence-corrected chi connectivity index (χ3v) is 3.74. The smallest absolute Gasteiger partial charge is 0.124 e. The minimum Gasteiger partial charge on any atom is -0.489 e. The van der Waals surface area contributed by atoms with Crippen LogP contribution in [0.15, 0.2) is 46.9 Å². The van der Waals surface area contributed by atoms with E-state index in [-0.39, 0.29) is 0 Å². The molecule has 0 amide bonds. The molecule has 2 aromatic rings. The lowest BCUT2D eigenvalue weighted by atomic mass is 10.2.